The van der Waals surface area contributed by atoms with E-state index < -0.39 is 6.04 Å². The van der Waals surface area contributed by atoms with E-state index >= 15 is 0 Å². The molecule has 1 fully saturated rings. The molecule has 2 amide bonds. The zero-order valence-corrected chi connectivity index (χ0v) is 17.2. The summed E-state index contributed by atoms with van der Waals surface area (Å²) in [5, 5.41) is 2.76. The van der Waals surface area contributed by atoms with Crippen LogP contribution in [0, 0.1) is 0 Å². The highest BCUT2D eigenvalue weighted by atomic mass is 32.2. The molecular formula is C21H22N2O5S. The Bertz CT molecular complexity index is 964. The van der Waals surface area contributed by atoms with Crippen molar-refractivity contribution in [1.82, 2.24) is 10.2 Å². The van der Waals surface area contributed by atoms with E-state index in [1.54, 1.807) is 29.8 Å². The fourth-order valence-electron chi connectivity index (χ4n) is 3.78. The third-order valence-electron chi connectivity index (χ3n) is 5.20. The number of rotatable bonds is 6. The van der Waals surface area contributed by atoms with Crippen molar-refractivity contribution in [3.63, 3.8) is 0 Å². The lowest BCUT2D eigenvalue weighted by molar-refractivity contribution is -0.124. The summed E-state index contributed by atoms with van der Waals surface area (Å²) in [7, 11) is 4.65. The van der Waals surface area contributed by atoms with Crippen molar-refractivity contribution < 1.29 is 23.8 Å². The van der Waals surface area contributed by atoms with Crippen LogP contribution in [0.15, 0.2) is 36.4 Å². The number of methoxy groups -OCH3 is 3. The SMILES string of the molecule is COc1cccc(CNC(=O)C2CSC3c4ccc(OC)c(OC)c4C(=O)N23)c1. The van der Waals surface area contributed by atoms with E-state index in [0.717, 1.165) is 16.9 Å². The summed E-state index contributed by atoms with van der Waals surface area (Å²) in [6.07, 6.45) is 0. The van der Waals surface area contributed by atoms with Crippen LogP contribution in [0.25, 0.3) is 0 Å². The Kier molecular flexibility index (Phi) is 5.27. The number of nitrogens with one attached hydrogen (secondary N) is 1. The summed E-state index contributed by atoms with van der Waals surface area (Å²) in [6, 6.07) is 10.7. The Morgan fingerprint density at radius 1 is 1.17 bits per heavy atom. The van der Waals surface area contributed by atoms with Crippen LogP contribution < -0.4 is 19.5 Å². The van der Waals surface area contributed by atoms with Gasteiger partial charge in [0.2, 0.25) is 5.91 Å². The molecular weight excluding hydrogens is 392 g/mol. The van der Waals surface area contributed by atoms with Crippen LogP contribution in [0.1, 0.15) is 26.9 Å². The molecule has 7 nitrogen and oxygen atoms in total. The smallest absolute Gasteiger partial charge is 0.260 e. The predicted octanol–water partition coefficient (Wildman–Crippen LogP) is 2.60. The van der Waals surface area contributed by atoms with Gasteiger partial charge in [0.1, 0.15) is 17.2 Å². The first-order chi connectivity index (χ1) is 14.1. The largest absolute Gasteiger partial charge is 0.497 e. The minimum atomic E-state index is -0.536. The number of carbonyl (C=O) groups excluding carboxylic acids is 2. The lowest BCUT2D eigenvalue weighted by atomic mass is 10.1. The molecule has 0 spiro atoms. The molecule has 152 valence electrons. The van der Waals surface area contributed by atoms with E-state index in [-0.39, 0.29) is 17.2 Å². The van der Waals surface area contributed by atoms with E-state index in [2.05, 4.69) is 5.32 Å². The number of hydrogen-bond donors (Lipinski definition) is 1. The van der Waals surface area contributed by atoms with Gasteiger partial charge in [-0.15, -0.1) is 11.8 Å². The maximum absolute atomic E-state index is 13.2. The van der Waals surface area contributed by atoms with E-state index in [1.165, 1.54) is 14.2 Å². The van der Waals surface area contributed by atoms with Gasteiger partial charge in [-0.2, -0.15) is 0 Å². The molecule has 1 saturated heterocycles. The molecule has 2 aromatic carbocycles. The van der Waals surface area contributed by atoms with Crippen LogP contribution in [0.2, 0.25) is 0 Å². The average Bonchev–Trinajstić information content (AvgIpc) is 3.31. The molecule has 1 N–H and O–H groups in total. The normalized spacial score (nSPS) is 19.6. The quantitative estimate of drug-likeness (QED) is 0.783. The molecule has 2 aliphatic rings. The maximum atomic E-state index is 13.2. The van der Waals surface area contributed by atoms with E-state index in [9.17, 15) is 9.59 Å². The second-order valence-corrected chi connectivity index (χ2v) is 7.86. The summed E-state index contributed by atoms with van der Waals surface area (Å²) in [5.74, 6) is 1.83. The molecule has 0 bridgehead atoms. The Morgan fingerprint density at radius 3 is 2.72 bits per heavy atom. The van der Waals surface area contributed by atoms with Gasteiger partial charge < -0.3 is 24.4 Å². The van der Waals surface area contributed by atoms with Crippen molar-refractivity contribution in [3.8, 4) is 17.2 Å². The first-order valence-corrected chi connectivity index (χ1v) is 10.2. The van der Waals surface area contributed by atoms with Gasteiger partial charge in [0.05, 0.1) is 26.9 Å². The van der Waals surface area contributed by atoms with E-state index in [0.29, 0.717) is 29.4 Å². The van der Waals surface area contributed by atoms with Gasteiger partial charge in [-0.25, -0.2) is 0 Å². The van der Waals surface area contributed by atoms with Crippen molar-refractivity contribution >= 4 is 23.6 Å². The Labute approximate surface area is 173 Å². The van der Waals surface area contributed by atoms with Gasteiger partial charge in [0.25, 0.3) is 5.91 Å². The van der Waals surface area contributed by atoms with Crippen molar-refractivity contribution in [2.75, 3.05) is 27.1 Å². The molecule has 0 saturated carbocycles. The van der Waals surface area contributed by atoms with Crippen molar-refractivity contribution in [3.05, 3.63) is 53.1 Å². The van der Waals surface area contributed by atoms with E-state index in [1.807, 2.05) is 30.3 Å². The standard InChI is InChI=1S/C21H22N2O5S/c1-26-13-6-4-5-12(9-13)10-22-19(24)15-11-29-21-14-7-8-16(27-2)18(28-3)17(14)20(25)23(15)21/h4-9,15,21H,10-11H2,1-3H3,(H,22,24). The third-order valence-corrected chi connectivity index (χ3v) is 6.50. The van der Waals surface area contributed by atoms with Crippen LogP contribution >= 0.6 is 11.8 Å². The molecule has 29 heavy (non-hydrogen) atoms. The Morgan fingerprint density at radius 2 is 2.00 bits per heavy atom. The minimum Gasteiger partial charge on any atom is -0.497 e. The topological polar surface area (TPSA) is 77.1 Å². The monoisotopic (exact) mass is 414 g/mol. The number of nitrogens with zero attached hydrogens (tertiary/aromatic N) is 1. The third kappa shape index (κ3) is 3.27. The van der Waals surface area contributed by atoms with Crippen molar-refractivity contribution in [2.45, 2.75) is 18.0 Å². The van der Waals surface area contributed by atoms with Gasteiger partial charge in [-0.3, -0.25) is 9.59 Å². The number of ether oxygens (including phenoxy) is 3. The molecule has 4 rings (SSSR count). The Hall–Kier alpha value is -2.87. The maximum Gasteiger partial charge on any atom is 0.260 e. The molecule has 2 aliphatic heterocycles. The minimum absolute atomic E-state index is 0.171. The second-order valence-electron chi connectivity index (χ2n) is 6.75. The number of amides is 2. The zero-order valence-electron chi connectivity index (χ0n) is 16.4. The summed E-state index contributed by atoms with van der Waals surface area (Å²) in [6.45, 7) is 0.369. The lowest BCUT2D eigenvalue weighted by Crippen LogP contribution is -2.45. The van der Waals surface area contributed by atoms with Crippen molar-refractivity contribution in [1.29, 1.82) is 0 Å². The highest BCUT2D eigenvalue weighted by Crippen LogP contribution is 2.52. The molecule has 2 atom stereocenters. The highest BCUT2D eigenvalue weighted by Gasteiger charge is 2.50. The number of carbonyl (C=O) groups is 2. The van der Waals surface area contributed by atoms with Crippen LogP contribution in [0.5, 0.6) is 17.2 Å². The fraction of sp³-hybridized carbons (Fsp3) is 0.333. The first kappa shape index (κ1) is 19.4. The van der Waals surface area contributed by atoms with Crippen LogP contribution in [0.4, 0.5) is 0 Å². The molecule has 0 radical (unpaired) electrons. The number of hydrogen-bond acceptors (Lipinski definition) is 6. The fourth-order valence-corrected chi connectivity index (χ4v) is 5.24. The van der Waals surface area contributed by atoms with Crippen LogP contribution in [-0.4, -0.2) is 49.8 Å². The molecule has 2 unspecified atom stereocenters. The lowest BCUT2D eigenvalue weighted by Gasteiger charge is -2.22. The summed E-state index contributed by atoms with van der Waals surface area (Å²) >= 11 is 1.58. The summed E-state index contributed by atoms with van der Waals surface area (Å²) in [4.78, 5) is 27.7. The van der Waals surface area contributed by atoms with Gasteiger partial charge in [-0.1, -0.05) is 18.2 Å². The van der Waals surface area contributed by atoms with Gasteiger partial charge in [0, 0.05) is 17.9 Å². The Balaban J connectivity index is 1.53. The predicted molar refractivity (Wildman–Crippen MR) is 110 cm³/mol. The van der Waals surface area contributed by atoms with E-state index in [4.69, 9.17) is 14.2 Å². The van der Waals surface area contributed by atoms with Gasteiger partial charge in [0.15, 0.2) is 11.5 Å². The molecule has 0 aliphatic carbocycles. The molecule has 2 aromatic rings. The summed E-state index contributed by atoms with van der Waals surface area (Å²) in [5.41, 5.74) is 2.28. The number of thioether (sulfide) groups is 1. The number of benzene rings is 2. The van der Waals surface area contributed by atoms with Gasteiger partial charge in [-0.05, 0) is 23.8 Å². The average molecular weight is 414 g/mol. The molecule has 2 heterocycles. The highest BCUT2D eigenvalue weighted by molar-refractivity contribution is 7.99. The second kappa shape index (κ2) is 7.87. The van der Waals surface area contributed by atoms with Crippen molar-refractivity contribution in [2.24, 2.45) is 0 Å². The first-order valence-electron chi connectivity index (χ1n) is 9.18. The summed E-state index contributed by atoms with van der Waals surface area (Å²) < 4.78 is 16.0. The van der Waals surface area contributed by atoms with Crippen LogP contribution in [-0.2, 0) is 11.3 Å². The molecule has 0 aromatic heterocycles. The zero-order chi connectivity index (χ0) is 20.5. The molecule has 8 heteroatoms. The van der Waals surface area contributed by atoms with Crippen LogP contribution in [0.3, 0.4) is 0 Å². The number of fused-ring (bicyclic) bond motifs is 3. The van der Waals surface area contributed by atoms with Gasteiger partial charge >= 0.3 is 0 Å².